The van der Waals surface area contributed by atoms with Gasteiger partial charge in [-0.1, -0.05) is 30.3 Å². The van der Waals surface area contributed by atoms with E-state index < -0.39 is 0 Å². The third-order valence-electron chi connectivity index (χ3n) is 3.50. The van der Waals surface area contributed by atoms with Crippen molar-refractivity contribution in [3.05, 3.63) is 60.4 Å². The maximum Gasteiger partial charge on any atom is 0.319 e. The molecule has 1 atom stereocenters. The number of aromatic nitrogens is 1. The number of hydrogen-bond acceptors (Lipinski definition) is 3. The van der Waals surface area contributed by atoms with E-state index in [1.54, 1.807) is 24.5 Å². The first kappa shape index (κ1) is 16.0. The van der Waals surface area contributed by atoms with Crippen LogP contribution in [0.5, 0.6) is 0 Å². The summed E-state index contributed by atoms with van der Waals surface area (Å²) < 4.78 is 0. The van der Waals surface area contributed by atoms with E-state index in [0.717, 1.165) is 6.54 Å². The molecule has 116 valence electrons. The van der Waals surface area contributed by atoms with Crippen LogP contribution in [-0.4, -0.2) is 35.5 Å². The predicted molar refractivity (Wildman–Crippen MR) is 88.6 cm³/mol. The molecule has 0 aliphatic carbocycles. The number of carbonyl (C=O) groups excluding carboxylic acids is 1. The van der Waals surface area contributed by atoms with Crippen LogP contribution in [0.15, 0.2) is 54.9 Å². The normalized spacial score (nSPS) is 12.0. The van der Waals surface area contributed by atoms with Gasteiger partial charge in [-0.25, -0.2) is 4.79 Å². The number of pyridine rings is 1. The molecular formula is C17H22N4O. The molecule has 22 heavy (non-hydrogen) atoms. The van der Waals surface area contributed by atoms with E-state index in [1.165, 1.54) is 5.56 Å². The summed E-state index contributed by atoms with van der Waals surface area (Å²) in [6, 6.07) is 13.9. The molecule has 0 saturated heterocycles. The fourth-order valence-corrected chi connectivity index (χ4v) is 2.04. The van der Waals surface area contributed by atoms with Crippen molar-refractivity contribution < 1.29 is 4.79 Å². The molecular weight excluding hydrogens is 276 g/mol. The van der Waals surface area contributed by atoms with Gasteiger partial charge in [0, 0.05) is 25.3 Å². The number of nitrogens with zero attached hydrogens (tertiary/aromatic N) is 2. The van der Waals surface area contributed by atoms with Crippen LogP contribution in [0.4, 0.5) is 10.5 Å². The summed E-state index contributed by atoms with van der Waals surface area (Å²) in [6.45, 7) is 3.52. The molecule has 1 heterocycles. The van der Waals surface area contributed by atoms with Gasteiger partial charge in [0.1, 0.15) is 0 Å². The van der Waals surface area contributed by atoms with Crippen molar-refractivity contribution >= 4 is 11.7 Å². The minimum Gasteiger partial charge on any atom is -0.336 e. The van der Waals surface area contributed by atoms with Gasteiger partial charge < -0.3 is 10.6 Å². The van der Waals surface area contributed by atoms with Crippen LogP contribution in [0.1, 0.15) is 12.5 Å². The van der Waals surface area contributed by atoms with Gasteiger partial charge in [-0.05, 0) is 31.7 Å². The van der Waals surface area contributed by atoms with E-state index in [9.17, 15) is 4.79 Å². The topological polar surface area (TPSA) is 57.3 Å². The monoisotopic (exact) mass is 298 g/mol. The summed E-state index contributed by atoms with van der Waals surface area (Å²) >= 11 is 0. The summed E-state index contributed by atoms with van der Waals surface area (Å²) in [6.07, 6.45) is 3.29. The summed E-state index contributed by atoms with van der Waals surface area (Å²) in [5.41, 5.74) is 1.95. The van der Waals surface area contributed by atoms with Crippen LogP contribution < -0.4 is 10.6 Å². The molecule has 2 amide bonds. The lowest BCUT2D eigenvalue weighted by atomic mass is 10.2. The Morgan fingerprint density at radius 3 is 2.68 bits per heavy atom. The van der Waals surface area contributed by atoms with E-state index in [2.05, 4.69) is 46.6 Å². The summed E-state index contributed by atoms with van der Waals surface area (Å²) in [7, 11) is 2.05. The molecule has 2 N–H and O–H groups in total. The number of rotatable bonds is 6. The number of anilines is 1. The SMILES string of the molecule is CC(CNC(=O)Nc1cccnc1)N(C)Cc1ccccc1. The van der Waals surface area contributed by atoms with E-state index in [-0.39, 0.29) is 12.1 Å². The van der Waals surface area contributed by atoms with Crippen molar-refractivity contribution in [2.45, 2.75) is 19.5 Å². The highest BCUT2D eigenvalue weighted by Gasteiger charge is 2.11. The fraction of sp³-hybridized carbons (Fsp3) is 0.294. The first-order valence-corrected chi connectivity index (χ1v) is 7.34. The lowest BCUT2D eigenvalue weighted by molar-refractivity contribution is 0.230. The van der Waals surface area contributed by atoms with Crippen molar-refractivity contribution in [2.75, 3.05) is 18.9 Å². The molecule has 1 aromatic heterocycles. The van der Waals surface area contributed by atoms with Gasteiger partial charge in [0.25, 0.3) is 0 Å². The highest BCUT2D eigenvalue weighted by atomic mass is 16.2. The zero-order chi connectivity index (χ0) is 15.8. The Kier molecular flexibility index (Phi) is 5.91. The molecule has 5 nitrogen and oxygen atoms in total. The molecule has 0 saturated carbocycles. The second kappa shape index (κ2) is 8.14. The summed E-state index contributed by atoms with van der Waals surface area (Å²) in [4.78, 5) is 18.0. The van der Waals surface area contributed by atoms with Crippen molar-refractivity contribution in [3.63, 3.8) is 0 Å². The van der Waals surface area contributed by atoms with E-state index in [1.807, 2.05) is 18.2 Å². The Labute approximate surface area is 131 Å². The average Bonchev–Trinajstić information content (AvgIpc) is 2.54. The molecule has 0 radical (unpaired) electrons. The Bertz CT molecular complexity index is 574. The number of amides is 2. The van der Waals surface area contributed by atoms with Crippen LogP contribution in [0.3, 0.4) is 0 Å². The molecule has 5 heteroatoms. The molecule has 0 spiro atoms. The van der Waals surface area contributed by atoms with Crippen LogP contribution >= 0.6 is 0 Å². The van der Waals surface area contributed by atoms with Gasteiger partial charge in [0.2, 0.25) is 0 Å². The molecule has 2 rings (SSSR count). The lowest BCUT2D eigenvalue weighted by Crippen LogP contribution is -2.41. The van der Waals surface area contributed by atoms with Gasteiger partial charge in [-0.3, -0.25) is 9.88 Å². The molecule has 2 aromatic rings. The Hall–Kier alpha value is -2.40. The molecule has 0 aliphatic rings. The van der Waals surface area contributed by atoms with Crippen molar-refractivity contribution in [2.24, 2.45) is 0 Å². The number of benzene rings is 1. The third-order valence-corrected chi connectivity index (χ3v) is 3.50. The van der Waals surface area contributed by atoms with Gasteiger partial charge >= 0.3 is 6.03 Å². The first-order chi connectivity index (χ1) is 10.6. The van der Waals surface area contributed by atoms with Crippen molar-refractivity contribution in [3.8, 4) is 0 Å². The first-order valence-electron chi connectivity index (χ1n) is 7.34. The van der Waals surface area contributed by atoms with E-state index >= 15 is 0 Å². The number of likely N-dealkylation sites (N-methyl/N-ethyl adjacent to an activating group) is 1. The number of urea groups is 1. The van der Waals surface area contributed by atoms with E-state index in [4.69, 9.17) is 0 Å². The van der Waals surface area contributed by atoms with Gasteiger partial charge in [-0.2, -0.15) is 0 Å². The molecule has 0 bridgehead atoms. The maximum atomic E-state index is 11.8. The minimum atomic E-state index is -0.215. The average molecular weight is 298 g/mol. The molecule has 0 fully saturated rings. The fourth-order valence-electron chi connectivity index (χ4n) is 2.04. The summed E-state index contributed by atoms with van der Waals surface area (Å²) in [5, 5.41) is 5.63. The van der Waals surface area contributed by atoms with Gasteiger partial charge in [-0.15, -0.1) is 0 Å². The maximum absolute atomic E-state index is 11.8. The quantitative estimate of drug-likeness (QED) is 0.862. The highest BCUT2D eigenvalue weighted by Crippen LogP contribution is 2.06. The summed E-state index contributed by atoms with van der Waals surface area (Å²) in [5.74, 6) is 0. The lowest BCUT2D eigenvalue weighted by Gasteiger charge is -2.25. The second-order valence-corrected chi connectivity index (χ2v) is 5.33. The second-order valence-electron chi connectivity index (χ2n) is 5.33. The zero-order valence-corrected chi connectivity index (χ0v) is 13.0. The van der Waals surface area contributed by atoms with Crippen molar-refractivity contribution in [1.29, 1.82) is 0 Å². The smallest absolute Gasteiger partial charge is 0.319 e. The van der Waals surface area contributed by atoms with Crippen LogP contribution in [-0.2, 0) is 6.54 Å². The Morgan fingerprint density at radius 2 is 2.00 bits per heavy atom. The minimum absolute atomic E-state index is 0.215. The van der Waals surface area contributed by atoms with Crippen LogP contribution in [0.25, 0.3) is 0 Å². The van der Waals surface area contributed by atoms with E-state index in [0.29, 0.717) is 12.2 Å². The van der Waals surface area contributed by atoms with Gasteiger partial charge in [0.15, 0.2) is 0 Å². The molecule has 1 aromatic carbocycles. The predicted octanol–water partition coefficient (Wildman–Crippen LogP) is 2.72. The van der Waals surface area contributed by atoms with Crippen LogP contribution in [0.2, 0.25) is 0 Å². The number of hydrogen-bond donors (Lipinski definition) is 2. The largest absolute Gasteiger partial charge is 0.336 e. The highest BCUT2D eigenvalue weighted by molar-refractivity contribution is 5.88. The number of carbonyl (C=O) groups is 1. The van der Waals surface area contributed by atoms with Crippen molar-refractivity contribution in [1.82, 2.24) is 15.2 Å². The number of nitrogens with one attached hydrogen (secondary N) is 2. The van der Waals surface area contributed by atoms with Crippen LogP contribution in [0, 0.1) is 0 Å². The zero-order valence-electron chi connectivity index (χ0n) is 13.0. The molecule has 1 unspecified atom stereocenters. The van der Waals surface area contributed by atoms with Gasteiger partial charge in [0.05, 0.1) is 11.9 Å². The standard InChI is InChI=1S/C17H22N4O/c1-14(21(2)13-15-7-4-3-5-8-15)11-19-17(22)20-16-9-6-10-18-12-16/h3-10,12,14H,11,13H2,1-2H3,(H2,19,20,22). The third kappa shape index (κ3) is 5.18. The Morgan fingerprint density at radius 1 is 1.23 bits per heavy atom. The molecule has 0 aliphatic heterocycles. The Balaban J connectivity index is 1.74.